The van der Waals surface area contributed by atoms with E-state index in [1.165, 1.54) is 0 Å². The molecule has 0 aliphatic carbocycles. The summed E-state index contributed by atoms with van der Waals surface area (Å²) in [5.41, 5.74) is 4.51. The Kier molecular flexibility index (Phi) is 3.99. The van der Waals surface area contributed by atoms with Crippen LogP contribution < -0.4 is 5.43 Å². The fourth-order valence-corrected chi connectivity index (χ4v) is 2.88. The van der Waals surface area contributed by atoms with Crippen LogP contribution in [0, 0.1) is 6.92 Å². The maximum atomic E-state index is 12.9. The number of aryl methyl sites for hydroxylation is 2. The highest BCUT2D eigenvalue weighted by molar-refractivity contribution is 9.10. The van der Waals surface area contributed by atoms with E-state index in [2.05, 4.69) is 15.9 Å². The van der Waals surface area contributed by atoms with Crippen molar-refractivity contribution in [2.45, 2.75) is 6.92 Å². The molecule has 1 heterocycles. The normalized spacial score (nSPS) is 10.7. The second kappa shape index (κ2) is 5.93. The van der Waals surface area contributed by atoms with Crippen LogP contribution in [0.3, 0.4) is 0 Å². The van der Waals surface area contributed by atoms with E-state index >= 15 is 0 Å². The fraction of sp³-hybridized carbons (Fsp3) is 0.105. The molecule has 0 saturated carbocycles. The van der Waals surface area contributed by atoms with Crippen molar-refractivity contribution in [3.63, 3.8) is 0 Å². The third-order valence-corrected chi connectivity index (χ3v) is 4.58. The summed E-state index contributed by atoms with van der Waals surface area (Å²) in [4.78, 5) is 12.9. The Hall–Kier alpha value is -2.13. The molecule has 2 aromatic carbocycles. The summed E-state index contributed by atoms with van der Waals surface area (Å²) in [6, 6.07) is 15.8. The quantitative estimate of drug-likeness (QED) is 0.649. The predicted octanol–water partition coefficient (Wildman–Crippen LogP) is 4.79. The van der Waals surface area contributed by atoms with E-state index in [9.17, 15) is 4.79 Å². The molecule has 0 spiro atoms. The maximum absolute atomic E-state index is 12.9. The van der Waals surface area contributed by atoms with Crippen molar-refractivity contribution in [2.75, 3.05) is 0 Å². The van der Waals surface area contributed by atoms with Gasteiger partial charge in [0.25, 0.3) is 0 Å². The Morgan fingerprint density at radius 1 is 0.909 bits per heavy atom. The fourth-order valence-electron chi connectivity index (χ4n) is 2.50. The Morgan fingerprint density at radius 2 is 1.55 bits per heavy atom. The molecule has 0 saturated heterocycles. The first-order chi connectivity index (χ1) is 10.6. The zero-order valence-electron chi connectivity index (χ0n) is 12.5. The van der Waals surface area contributed by atoms with Gasteiger partial charge in [0, 0.05) is 35.0 Å². The minimum atomic E-state index is 0.0556. The molecule has 0 N–H and O–H groups in total. The summed E-state index contributed by atoms with van der Waals surface area (Å²) in [6.45, 7) is 2.03. The summed E-state index contributed by atoms with van der Waals surface area (Å²) >= 11 is 3.54. The first kappa shape index (κ1) is 14.8. The van der Waals surface area contributed by atoms with Crippen molar-refractivity contribution >= 4 is 15.9 Å². The number of rotatable bonds is 2. The SMILES string of the molecule is Cc1ccc(-c2cn(C)cc(-c3ccccc3)c2=O)cc1Br. The van der Waals surface area contributed by atoms with Crippen molar-refractivity contribution in [2.24, 2.45) is 7.05 Å². The topological polar surface area (TPSA) is 22.0 Å². The molecule has 2 nitrogen and oxygen atoms in total. The van der Waals surface area contributed by atoms with Crippen molar-refractivity contribution in [1.82, 2.24) is 4.57 Å². The molecule has 3 heteroatoms. The minimum absolute atomic E-state index is 0.0556. The van der Waals surface area contributed by atoms with Crippen molar-refractivity contribution in [3.8, 4) is 22.3 Å². The van der Waals surface area contributed by atoms with Crippen LogP contribution in [0.1, 0.15) is 5.56 Å². The molecule has 3 aromatic rings. The van der Waals surface area contributed by atoms with E-state index in [0.29, 0.717) is 5.56 Å². The van der Waals surface area contributed by atoms with Crippen molar-refractivity contribution in [1.29, 1.82) is 0 Å². The second-order valence-corrected chi connectivity index (χ2v) is 6.26. The minimum Gasteiger partial charge on any atom is -0.356 e. The highest BCUT2D eigenvalue weighted by Crippen LogP contribution is 2.25. The molecule has 0 unspecified atom stereocenters. The molecule has 3 rings (SSSR count). The van der Waals surface area contributed by atoms with Gasteiger partial charge in [-0.15, -0.1) is 0 Å². The first-order valence-electron chi connectivity index (χ1n) is 7.08. The standard InChI is InChI=1S/C19H16BrNO/c1-13-8-9-15(10-18(13)20)17-12-21(2)11-16(19(17)22)14-6-4-3-5-7-14/h3-12H,1-2H3. The Labute approximate surface area is 138 Å². The Balaban J connectivity index is 2.23. The third kappa shape index (κ3) is 2.77. The van der Waals surface area contributed by atoms with Gasteiger partial charge in [0.05, 0.1) is 0 Å². The molecular formula is C19H16BrNO. The van der Waals surface area contributed by atoms with Crippen LogP contribution in [0.5, 0.6) is 0 Å². The van der Waals surface area contributed by atoms with Crippen LogP contribution in [0.25, 0.3) is 22.3 Å². The summed E-state index contributed by atoms with van der Waals surface area (Å²) in [5.74, 6) is 0. The molecule has 0 amide bonds. The van der Waals surface area contributed by atoms with Gasteiger partial charge < -0.3 is 4.57 Å². The molecule has 0 fully saturated rings. The third-order valence-electron chi connectivity index (χ3n) is 3.72. The van der Waals surface area contributed by atoms with Gasteiger partial charge in [0.15, 0.2) is 5.43 Å². The van der Waals surface area contributed by atoms with Crippen molar-refractivity contribution < 1.29 is 0 Å². The molecule has 0 aliphatic rings. The first-order valence-corrected chi connectivity index (χ1v) is 7.88. The highest BCUT2D eigenvalue weighted by atomic mass is 79.9. The van der Waals surface area contributed by atoms with Gasteiger partial charge in [-0.1, -0.05) is 58.4 Å². The lowest BCUT2D eigenvalue weighted by molar-refractivity contribution is 0.904. The lowest BCUT2D eigenvalue weighted by Crippen LogP contribution is -2.11. The number of benzene rings is 2. The lowest BCUT2D eigenvalue weighted by Gasteiger charge is -2.10. The molecular weight excluding hydrogens is 338 g/mol. The van der Waals surface area contributed by atoms with Gasteiger partial charge in [0.2, 0.25) is 0 Å². The molecule has 110 valence electrons. The molecule has 22 heavy (non-hydrogen) atoms. The zero-order chi connectivity index (χ0) is 15.7. The summed E-state index contributed by atoms with van der Waals surface area (Å²) in [7, 11) is 1.94. The van der Waals surface area contributed by atoms with E-state index < -0.39 is 0 Å². The summed E-state index contributed by atoms with van der Waals surface area (Å²) in [5, 5.41) is 0. The summed E-state index contributed by atoms with van der Waals surface area (Å²) in [6.07, 6.45) is 3.76. The van der Waals surface area contributed by atoms with Gasteiger partial charge in [-0.2, -0.15) is 0 Å². The number of hydrogen-bond acceptors (Lipinski definition) is 1. The van der Waals surface area contributed by atoms with Crippen molar-refractivity contribution in [3.05, 3.63) is 81.2 Å². The van der Waals surface area contributed by atoms with Gasteiger partial charge in [0.1, 0.15) is 0 Å². The number of halogens is 1. The zero-order valence-corrected chi connectivity index (χ0v) is 14.1. The van der Waals surface area contributed by atoms with Crippen LogP contribution in [0.2, 0.25) is 0 Å². The number of pyridine rings is 1. The highest BCUT2D eigenvalue weighted by Gasteiger charge is 2.11. The molecule has 0 atom stereocenters. The van der Waals surface area contributed by atoms with Crippen LogP contribution in [-0.4, -0.2) is 4.57 Å². The van der Waals surface area contributed by atoms with Gasteiger partial charge in [-0.3, -0.25) is 4.79 Å². The lowest BCUT2D eigenvalue weighted by atomic mass is 10.0. The predicted molar refractivity (Wildman–Crippen MR) is 95.0 cm³/mol. The van der Waals surface area contributed by atoms with E-state index in [1.807, 2.05) is 79.5 Å². The van der Waals surface area contributed by atoms with E-state index in [1.54, 1.807) is 0 Å². The average Bonchev–Trinajstić information content (AvgIpc) is 2.53. The van der Waals surface area contributed by atoms with Gasteiger partial charge in [-0.05, 0) is 29.7 Å². The van der Waals surface area contributed by atoms with Crippen LogP contribution in [0.15, 0.2) is 70.2 Å². The van der Waals surface area contributed by atoms with E-state index in [4.69, 9.17) is 0 Å². The average molecular weight is 354 g/mol. The number of hydrogen-bond donors (Lipinski definition) is 0. The van der Waals surface area contributed by atoms with Gasteiger partial charge >= 0.3 is 0 Å². The molecule has 0 radical (unpaired) electrons. The number of nitrogens with zero attached hydrogens (tertiary/aromatic N) is 1. The maximum Gasteiger partial charge on any atom is 0.197 e. The van der Waals surface area contributed by atoms with Crippen LogP contribution >= 0.6 is 15.9 Å². The largest absolute Gasteiger partial charge is 0.356 e. The number of aromatic nitrogens is 1. The molecule has 1 aromatic heterocycles. The molecule has 0 aliphatic heterocycles. The Morgan fingerprint density at radius 3 is 2.18 bits per heavy atom. The smallest absolute Gasteiger partial charge is 0.197 e. The summed E-state index contributed by atoms with van der Waals surface area (Å²) < 4.78 is 2.95. The van der Waals surface area contributed by atoms with E-state index in [0.717, 1.165) is 26.7 Å². The van der Waals surface area contributed by atoms with Gasteiger partial charge in [-0.25, -0.2) is 0 Å². The Bertz CT molecular complexity index is 882. The van der Waals surface area contributed by atoms with Crippen LogP contribution in [-0.2, 0) is 7.05 Å². The van der Waals surface area contributed by atoms with E-state index in [-0.39, 0.29) is 5.43 Å². The second-order valence-electron chi connectivity index (χ2n) is 5.41. The molecule has 0 bridgehead atoms. The van der Waals surface area contributed by atoms with Crippen LogP contribution in [0.4, 0.5) is 0 Å². The monoisotopic (exact) mass is 353 g/mol.